The molecular formula is C4H9NO. The second-order valence-corrected chi connectivity index (χ2v) is 0.954. The molecule has 0 saturated carbocycles. The van der Waals surface area contributed by atoms with E-state index in [1.807, 2.05) is 0 Å². The largest absolute Gasteiger partial charge is 0.314 e. The van der Waals surface area contributed by atoms with Crippen LogP contribution in [-0.2, 0) is 5.11 Å². The Bertz CT molecular complexity index is 19.5. The summed E-state index contributed by atoms with van der Waals surface area (Å²) in [6, 6.07) is 0. The van der Waals surface area contributed by atoms with Crippen LogP contribution in [0.2, 0.25) is 0 Å². The van der Waals surface area contributed by atoms with Gasteiger partial charge in [-0.25, -0.2) is 5.11 Å². The number of hydrogen-bond donors (Lipinski definition) is 1. The van der Waals surface area contributed by atoms with Gasteiger partial charge in [0, 0.05) is 6.54 Å². The first-order valence-corrected chi connectivity index (χ1v) is 2.00. The predicted molar refractivity (Wildman–Crippen MR) is 23.8 cm³/mol. The van der Waals surface area contributed by atoms with Gasteiger partial charge in [0.15, 0.2) is 0 Å². The normalized spacial score (nSPS) is 9.00. The average molecular weight is 87.1 g/mol. The highest BCUT2D eigenvalue weighted by Crippen LogP contribution is 1.51. The van der Waals surface area contributed by atoms with Crippen LogP contribution in [0.4, 0.5) is 0 Å². The van der Waals surface area contributed by atoms with E-state index in [2.05, 4.69) is 12.2 Å². The van der Waals surface area contributed by atoms with Crippen molar-refractivity contribution < 1.29 is 5.11 Å². The zero-order valence-corrected chi connectivity index (χ0v) is 3.74. The van der Waals surface area contributed by atoms with E-state index >= 15 is 0 Å². The molecule has 0 aromatic carbocycles. The van der Waals surface area contributed by atoms with E-state index in [9.17, 15) is 5.11 Å². The summed E-state index contributed by atoms with van der Waals surface area (Å²) in [5, 5.41) is 12.4. The smallest absolute Gasteiger partial charge is 0.0946 e. The molecule has 6 heavy (non-hydrogen) atoms. The van der Waals surface area contributed by atoms with Gasteiger partial charge in [0.05, 0.1) is 6.61 Å². The summed E-state index contributed by atoms with van der Waals surface area (Å²) in [5.41, 5.74) is 0. The summed E-state index contributed by atoms with van der Waals surface area (Å²) in [7, 11) is 0. The Balaban J connectivity index is 2.34. The standard InChI is InChI=1S/C4H9NO/c1-2-5-3-4-6/h5H,1-4H2. The Labute approximate surface area is 38.2 Å². The molecule has 1 N–H and O–H groups in total. The Hall–Kier alpha value is -0.0800. The first-order chi connectivity index (χ1) is 2.91. The van der Waals surface area contributed by atoms with Gasteiger partial charge in [0.2, 0.25) is 0 Å². The third-order valence-corrected chi connectivity index (χ3v) is 0.456. The molecule has 2 nitrogen and oxygen atoms in total. The maximum atomic E-state index is 9.60. The van der Waals surface area contributed by atoms with Gasteiger partial charge in [0.25, 0.3) is 0 Å². The van der Waals surface area contributed by atoms with Crippen LogP contribution in [0.25, 0.3) is 0 Å². The van der Waals surface area contributed by atoms with Crippen molar-refractivity contribution in [1.82, 2.24) is 5.32 Å². The summed E-state index contributed by atoms with van der Waals surface area (Å²) in [4.78, 5) is 0. The lowest BCUT2D eigenvalue weighted by molar-refractivity contribution is 0.195. The fraction of sp³-hybridized carbons (Fsp3) is 0.750. The van der Waals surface area contributed by atoms with Crippen LogP contribution in [-0.4, -0.2) is 19.7 Å². The number of rotatable bonds is 3. The van der Waals surface area contributed by atoms with Gasteiger partial charge in [-0.15, -0.1) is 0 Å². The van der Waals surface area contributed by atoms with Gasteiger partial charge in [-0.05, 0) is 13.5 Å². The molecule has 36 valence electrons. The molecular weight excluding hydrogens is 78.0 g/mol. The molecule has 0 aromatic heterocycles. The quantitative estimate of drug-likeness (QED) is 0.476. The number of hydrogen-bond acceptors (Lipinski definition) is 1. The molecule has 0 fully saturated rings. The Morgan fingerprint density at radius 2 is 2.33 bits per heavy atom. The van der Waals surface area contributed by atoms with Crippen LogP contribution >= 0.6 is 0 Å². The van der Waals surface area contributed by atoms with Crippen molar-refractivity contribution in [3.8, 4) is 0 Å². The highest BCUT2D eigenvalue weighted by atomic mass is 16.3. The summed E-state index contributed by atoms with van der Waals surface area (Å²) >= 11 is 0. The summed E-state index contributed by atoms with van der Waals surface area (Å²) in [6.07, 6.45) is 0. The molecule has 0 bridgehead atoms. The van der Waals surface area contributed by atoms with Crippen LogP contribution in [0.3, 0.4) is 0 Å². The second-order valence-electron chi connectivity index (χ2n) is 0.954. The predicted octanol–water partition coefficient (Wildman–Crippen LogP) is -0.159. The monoisotopic (exact) mass is 87.1 g/mol. The SMILES string of the molecule is [CH2]CNCC[O]. The maximum absolute atomic E-state index is 9.60. The van der Waals surface area contributed by atoms with E-state index in [4.69, 9.17) is 0 Å². The van der Waals surface area contributed by atoms with Crippen LogP contribution in [0, 0.1) is 6.92 Å². The lowest BCUT2D eigenvalue weighted by atomic mass is 10.6. The molecule has 0 aliphatic carbocycles. The molecule has 0 saturated heterocycles. The molecule has 0 atom stereocenters. The van der Waals surface area contributed by atoms with Crippen molar-refractivity contribution in [3.63, 3.8) is 0 Å². The molecule has 0 heterocycles. The van der Waals surface area contributed by atoms with E-state index in [1.165, 1.54) is 0 Å². The first-order valence-electron chi connectivity index (χ1n) is 2.00. The van der Waals surface area contributed by atoms with Crippen LogP contribution < -0.4 is 5.32 Å². The van der Waals surface area contributed by atoms with Gasteiger partial charge in [0.1, 0.15) is 0 Å². The summed E-state index contributed by atoms with van der Waals surface area (Å²) in [6.45, 7) is 4.63. The first kappa shape index (κ1) is 5.92. The molecule has 0 spiro atoms. The van der Waals surface area contributed by atoms with Crippen molar-refractivity contribution in [3.05, 3.63) is 6.92 Å². The minimum Gasteiger partial charge on any atom is -0.314 e. The fourth-order valence-electron chi connectivity index (χ4n) is 0.197. The lowest BCUT2D eigenvalue weighted by Crippen LogP contribution is -2.16. The van der Waals surface area contributed by atoms with E-state index in [-0.39, 0.29) is 6.61 Å². The minimum atomic E-state index is -0.0461. The molecule has 2 radical (unpaired) electrons. The van der Waals surface area contributed by atoms with Crippen molar-refractivity contribution in [2.75, 3.05) is 19.7 Å². The van der Waals surface area contributed by atoms with Crippen molar-refractivity contribution in [2.24, 2.45) is 0 Å². The van der Waals surface area contributed by atoms with Gasteiger partial charge in [-0.1, -0.05) is 0 Å². The minimum absolute atomic E-state index is 0.0461. The molecule has 0 amide bonds. The van der Waals surface area contributed by atoms with Gasteiger partial charge in [-0.2, -0.15) is 0 Å². The Kier molecular flexibility index (Phi) is 4.85. The third-order valence-electron chi connectivity index (χ3n) is 0.456. The Morgan fingerprint density at radius 3 is 2.50 bits per heavy atom. The molecule has 0 aliphatic heterocycles. The van der Waals surface area contributed by atoms with Crippen LogP contribution in [0.5, 0.6) is 0 Å². The zero-order valence-electron chi connectivity index (χ0n) is 3.74. The zero-order chi connectivity index (χ0) is 4.83. The summed E-state index contributed by atoms with van der Waals surface area (Å²) < 4.78 is 0. The second kappa shape index (κ2) is 4.92. The van der Waals surface area contributed by atoms with E-state index < -0.39 is 0 Å². The van der Waals surface area contributed by atoms with Crippen molar-refractivity contribution >= 4 is 0 Å². The highest BCUT2D eigenvalue weighted by Gasteiger charge is 1.74. The van der Waals surface area contributed by atoms with Gasteiger partial charge < -0.3 is 5.32 Å². The molecule has 2 heteroatoms. The fourth-order valence-corrected chi connectivity index (χ4v) is 0.197. The topological polar surface area (TPSA) is 31.9 Å². The van der Waals surface area contributed by atoms with Crippen LogP contribution in [0.15, 0.2) is 0 Å². The van der Waals surface area contributed by atoms with Gasteiger partial charge >= 0.3 is 0 Å². The summed E-state index contributed by atoms with van der Waals surface area (Å²) in [5.74, 6) is 0. The lowest BCUT2D eigenvalue weighted by Gasteiger charge is -1.89. The van der Waals surface area contributed by atoms with E-state index in [0.29, 0.717) is 13.1 Å². The number of nitrogens with one attached hydrogen (secondary N) is 1. The van der Waals surface area contributed by atoms with Crippen LogP contribution in [0.1, 0.15) is 0 Å². The third kappa shape index (κ3) is 3.92. The van der Waals surface area contributed by atoms with Crippen molar-refractivity contribution in [1.29, 1.82) is 0 Å². The van der Waals surface area contributed by atoms with Crippen molar-refractivity contribution in [2.45, 2.75) is 0 Å². The Morgan fingerprint density at radius 1 is 1.67 bits per heavy atom. The molecule has 0 unspecified atom stereocenters. The highest BCUT2D eigenvalue weighted by molar-refractivity contribution is 4.43. The van der Waals surface area contributed by atoms with E-state index in [0.717, 1.165) is 0 Å². The average Bonchev–Trinajstić information content (AvgIpc) is 1.61. The van der Waals surface area contributed by atoms with Gasteiger partial charge in [-0.3, -0.25) is 0 Å². The van der Waals surface area contributed by atoms with E-state index in [1.54, 1.807) is 0 Å². The molecule has 0 aliphatic rings. The molecule has 0 rings (SSSR count). The molecule has 0 aromatic rings. The maximum Gasteiger partial charge on any atom is 0.0946 e.